The van der Waals surface area contributed by atoms with Crippen LogP contribution in [0.3, 0.4) is 0 Å². The number of hydrogen-bond acceptors (Lipinski definition) is 4. The molecule has 1 saturated heterocycles. The minimum atomic E-state index is -3.39. The summed E-state index contributed by atoms with van der Waals surface area (Å²) in [5.41, 5.74) is 9.04. The summed E-state index contributed by atoms with van der Waals surface area (Å²) in [6.07, 6.45) is 3.89. The van der Waals surface area contributed by atoms with E-state index in [0.29, 0.717) is 10.8 Å². The fourth-order valence-electron chi connectivity index (χ4n) is 5.55. The van der Waals surface area contributed by atoms with E-state index in [4.69, 9.17) is 12.2 Å². The SMILES string of the molecule is CCc1ccccc1-n1c(C)cc([C@@H]2[C@H](c3ccccn3)NC(=S)N2c2ccc(NS(C)(=O)=O)c(C)c2)c1C. The van der Waals surface area contributed by atoms with Crippen LogP contribution in [-0.4, -0.2) is 29.3 Å². The van der Waals surface area contributed by atoms with E-state index in [1.807, 2.05) is 37.3 Å². The van der Waals surface area contributed by atoms with Crippen LogP contribution in [0.5, 0.6) is 0 Å². The van der Waals surface area contributed by atoms with Crippen LogP contribution >= 0.6 is 12.2 Å². The molecule has 2 aromatic carbocycles. The third kappa shape index (κ3) is 5.16. The Balaban J connectivity index is 1.66. The zero-order valence-corrected chi connectivity index (χ0v) is 24.4. The molecule has 1 aliphatic heterocycles. The van der Waals surface area contributed by atoms with Crippen molar-refractivity contribution in [2.45, 2.75) is 46.2 Å². The van der Waals surface area contributed by atoms with Crippen molar-refractivity contribution < 1.29 is 8.42 Å². The van der Waals surface area contributed by atoms with Crippen molar-refractivity contribution in [2.24, 2.45) is 0 Å². The number of benzene rings is 2. The normalized spacial score (nSPS) is 17.4. The first-order valence-corrected chi connectivity index (χ1v) is 15.2. The number of aromatic nitrogens is 2. The number of sulfonamides is 1. The Morgan fingerprint density at radius 1 is 1.03 bits per heavy atom. The van der Waals surface area contributed by atoms with Gasteiger partial charge in [-0.1, -0.05) is 31.2 Å². The fraction of sp³-hybridized carbons (Fsp3) is 0.267. The Bertz CT molecular complexity index is 1650. The molecule has 2 atom stereocenters. The number of para-hydroxylation sites is 1. The summed E-state index contributed by atoms with van der Waals surface area (Å²) in [6.45, 7) is 8.37. The van der Waals surface area contributed by atoms with Crippen LogP contribution in [0.4, 0.5) is 11.4 Å². The second kappa shape index (κ2) is 10.5. The number of nitrogens with zero attached hydrogens (tertiary/aromatic N) is 3. The highest BCUT2D eigenvalue weighted by molar-refractivity contribution is 7.92. The zero-order chi connectivity index (χ0) is 27.9. The Kier molecular flexibility index (Phi) is 7.22. The molecular formula is C30H33N5O2S2. The molecule has 0 radical (unpaired) electrons. The van der Waals surface area contributed by atoms with Crippen LogP contribution < -0.4 is 14.9 Å². The fourth-order valence-corrected chi connectivity index (χ4v) is 6.52. The van der Waals surface area contributed by atoms with Gasteiger partial charge in [-0.15, -0.1) is 0 Å². The molecule has 9 heteroatoms. The first-order valence-electron chi connectivity index (χ1n) is 12.9. The number of nitrogens with one attached hydrogen (secondary N) is 2. The van der Waals surface area contributed by atoms with E-state index >= 15 is 0 Å². The Morgan fingerprint density at radius 3 is 2.44 bits per heavy atom. The van der Waals surface area contributed by atoms with Crippen LogP contribution in [0.2, 0.25) is 0 Å². The van der Waals surface area contributed by atoms with E-state index in [0.717, 1.165) is 46.6 Å². The van der Waals surface area contributed by atoms with E-state index in [9.17, 15) is 8.42 Å². The summed E-state index contributed by atoms with van der Waals surface area (Å²) in [7, 11) is -3.39. The summed E-state index contributed by atoms with van der Waals surface area (Å²) in [5, 5.41) is 4.13. The Hall–Kier alpha value is -3.69. The van der Waals surface area contributed by atoms with Gasteiger partial charge in [-0.2, -0.15) is 0 Å². The van der Waals surface area contributed by atoms with E-state index in [1.54, 1.807) is 12.3 Å². The van der Waals surface area contributed by atoms with Gasteiger partial charge in [0.2, 0.25) is 10.0 Å². The summed E-state index contributed by atoms with van der Waals surface area (Å²) in [6, 6.07) is 22.0. The van der Waals surface area contributed by atoms with Gasteiger partial charge in [-0.05, 0) is 98.6 Å². The summed E-state index contributed by atoms with van der Waals surface area (Å²) >= 11 is 5.93. The maximum Gasteiger partial charge on any atom is 0.229 e. The third-order valence-electron chi connectivity index (χ3n) is 7.28. The second-order valence-electron chi connectivity index (χ2n) is 10.0. The van der Waals surface area contributed by atoms with E-state index < -0.39 is 10.0 Å². The van der Waals surface area contributed by atoms with Crippen molar-refractivity contribution in [2.75, 3.05) is 15.9 Å². The van der Waals surface area contributed by atoms with Gasteiger partial charge in [0.1, 0.15) is 0 Å². The zero-order valence-electron chi connectivity index (χ0n) is 22.8. The highest BCUT2D eigenvalue weighted by atomic mass is 32.2. The predicted octanol–water partition coefficient (Wildman–Crippen LogP) is 5.91. The van der Waals surface area contributed by atoms with E-state index in [-0.39, 0.29) is 12.1 Å². The van der Waals surface area contributed by atoms with Crippen molar-refractivity contribution in [3.8, 4) is 5.69 Å². The summed E-state index contributed by atoms with van der Waals surface area (Å²) in [5.74, 6) is 0. The van der Waals surface area contributed by atoms with Gasteiger partial charge in [0.25, 0.3) is 0 Å². The average molecular weight is 560 g/mol. The predicted molar refractivity (Wildman–Crippen MR) is 162 cm³/mol. The molecule has 7 nitrogen and oxygen atoms in total. The lowest BCUT2D eigenvalue weighted by Gasteiger charge is -2.29. The maximum absolute atomic E-state index is 11.9. The van der Waals surface area contributed by atoms with Crippen molar-refractivity contribution in [3.05, 3.63) is 107 Å². The topological polar surface area (TPSA) is 79.3 Å². The second-order valence-corrected chi connectivity index (χ2v) is 12.1. The van der Waals surface area contributed by atoms with Gasteiger partial charge in [-0.3, -0.25) is 9.71 Å². The third-order valence-corrected chi connectivity index (χ3v) is 8.19. The average Bonchev–Trinajstić information content (AvgIpc) is 3.39. The standard InChI is InChI=1S/C30H33N5O2S2/c1-6-22-11-7-8-13-27(22)34-20(3)18-24(21(34)4)29-28(26-12-9-10-16-31-26)32-30(38)35(29)23-14-15-25(19(2)17-23)33-39(5,36)37/h7-18,28-29,33H,6H2,1-5H3,(H,32,38)/t28-,29+/m0/s1. The van der Waals surface area contributed by atoms with Crippen molar-refractivity contribution in [1.29, 1.82) is 0 Å². The van der Waals surface area contributed by atoms with Crippen LogP contribution in [0, 0.1) is 20.8 Å². The molecule has 202 valence electrons. The summed E-state index contributed by atoms with van der Waals surface area (Å²) in [4.78, 5) is 6.81. The van der Waals surface area contributed by atoms with Gasteiger partial charge >= 0.3 is 0 Å². The molecule has 4 aromatic rings. The number of pyridine rings is 1. The minimum absolute atomic E-state index is 0.172. The lowest BCUT2D eigenvalue weighted by molar-refractivity contribution is 0.565. The van der Waals surface area contributed by atoms with Gasteiger partial charge in [0, 0.05) is 29.0 Å². The molecule has 5 rings (SSSR count). The highest BCUT2D eigenvalue weighted by Crippen LogP contribution is 2.44. The number of anilines is 2. The number of aryl methyl sites for hydroxylation is 3. The van der Waals surface area contributed by atoms with Crippen molar-refractivity contribution in [1.82, 2.24) is 14.9 Å². The van der Waals surface area contributed by atoms with E-state index in [2.05, 4.69) is 75.6 Å². The van der Waals surface area contributed by atoms with Gasteiger partial charge in [0.05, 0.1) is 29.7 Å². The van der Waals surface area contributed by atoms with Crippen LogP contribution in [-0.2, 0) is 16.4 Å². The lowest BCUT2D eigenvalue weighted by atomic mass is 9.96. The number of thiocarbonyl (C=S) groups is 1. The molecule has 0 bridgehead atoms. The molecule has 0 aliphatic carbocycles. The Morgan fingerprint density at radius 2 is 1.77 bits per heavy atom. The molecule has 2 aromatic heterocycles. The minimum Gasteiger partial charge on any atom is -0.351 e. The van der Waals surface area contributed by atoms with Gasteiger partial charge < -0.3 is 14.8 Å². The molecule has 1 fully saturated rings. The first-order chi connectivity index (χ1) is 18.6. The monoisotopic (exact) mass is 559 g/mol. The molecule has 3 heterocycles. The molecule has 0 spiro atoms. The van der Waals surface area contributed by atoms with Crippen LogP contribution in [0.1, 0.15) is 52.8 Å². The number of rotatable bonds is 7. The highest BCUT2D eigenvalue weighted by Gasteiger charge is 2.42. The molecule has 39 heavy (non-hydrogen) atoms. The molecule has 0 unspecified atom stereocenters. The number of hydrogen-bond donors (Lipinski definition) is 2. The molecular weight excluding hydrogens is 526 g/mol. The molecule has 0 saturated carbocycles. The smallest absolute Gasteiger partial charge is 0.229 e. The van der Waals surface area contributed by atoms with Gasteiger partial charge in [0.15, 0.2) is 5.11 Å². The molecule has 0 amide bonds. The largest absolute Gasteiger partial charge is 0.351 e. The summed E-state index contributed by atoms with van der Waals surface area (Å²) < 4.78 is 28.6. The quantitative estimate of drug-likeness (QED) is 0.274. The first kappa shape index (κ1) is 26.9. The molecule has 1 aliphatic rings. The molecule has 2 N–H and O–H groups in total. The maximum atomic E-state index is 11.9. The van der Waals surface area contributed by atoms with Crippen LogP contribution in [0.15, 0.2) is 72.9 Å². The van der Waals surface area contributed by atoms with Crippen molar-refractivity contribution in [3.63, 3.8) is 0 Å². The van der Waals surface area contributed by atoms with Gasteiger partial charge in [-0.25, -0.2) is 8.42 Å². The van der Waals surface area contributed by atoms with E-state index in [1.165, 1.54) is 11.3 Å². The van der Waals surface area contributed by atoms with Crippen molar-refractivity contribution >= 4 is 38.7 Å². The lowest BCUT2D eigenvalue weighted by Crippen LogP contribution is -2.29. The van der Waals surface area contributed by atoms with Crippen LogP contribution in [0.25, 0.3) is 5.69 Å². The Labute approximate surface area is 235 Å².